The van der Waals surface area contributed by atoms with Gasteiger partial charge in [-0.3, -0.25) is 9.59 Å². The van der Waals surface area contributed by atoms with E-state index in [2.05, 4.69) is 0 Å². The summed E-state index contributed by atoms with van der Waals surface area (Å²) >= 11 is 0. The Morgan fingerprint density at radius 2 is 1.31 bits per heavy atom. The van der Waals surface area contributed by atoms with E-state index < -0.39 is 22.8 Å². The van der Waals surface area contributed by atoms with Gasteiger partial charge in [-0.2, -0.15) is 0 Å². The Labute approximate surface area is 154 Å². The number of carboxylic acids is 2. The van der Waals surface area contributed by atoms with E-state index in [9.17, 15) is 19.8 Å². The van der Waals surface area contributed by atoms with Gasteiger partial charge in [-0.15, -0.1) is 0 Å². The summed E-state index contributed by atoms with van der Waals surface area (Å²) in [5, 5.41) is 38.3. The van der Waals surface area contributed by atoms with E-state index in [1.165, 1.54) is 6.07 Å². The zero-order valence-electron chi connectivity index (χ0n) is 16.0. The molecule has 0 fully saturated rings. The van der Waals surface area contributed by atoms with Gasteiger partial charge in [0, 0.05) is 0 Å². The number of phenols is 2. The molecule has 0 aliphatic carbocycles. The zero-order chi connectivity index (χ0) is 20.1. The average molecular weight is 366 g/mol. The second kappa shape index (κ2) is 8.43. The molecule has 0 spiro atoms. The van der Waals surface area contributed by atoms with Gasteiger partial charge < -0.3 is 20.4 Å². The fourth-order valence-electron chi connectivity index (χ4n) is 2.75. The van der Waals surface area contributed by atoms with Crippen LogP contribution in [0.3, 0.4) is 0 Å². The minimum Gasteiger partial charge on any atom is -0.504 e. The monoisotopic (exact) mass is 366 g/mol. The van der Waals surface area contributed by atoms with Crippen molar-refractivity contribution in [2.75, 3.05) is 0 Å². The SMILES string of the molecule is CC(C)(CCCc1cc(O)c(O)c(CCCC(C)(C)C(=O)O)c1)C(=O)O. The molecular formula is C20H30O6. The maximum absolute atomic E-state index is 11.2. The van der Waals surface area contributed by atoms with Crippen LogP contribution in [0.25, 0.3) is 0 Å². The lowest BCUT2D eigenvalue weighted by Crippen LogP contribution is -2.23. The Morgan fingerprint density at radius 1 is 0.846 bits per heavy atom. The van der Waals surface area contributed by atoms with Crippen molar-refractivity contribution < 1.29 is 30.0 Å². The molecule has 0 radical (unpaired) electrons. The minimum atomic E-state index is -0.862. The maximum Gasteiger partial charge on any atom is 0.309 e. The van der Waals surface area contributed by atoms with Crippen molar-refractivity contribution in [3.63, 3.8) is 0 Å². The standard InChI is InChI=1S/C20H30O6/c1-19(2,17(23)24)9-5-7-13-11-14(16(22)15(21)12-13)8-6-10-20(3,4)18(25)26/h11-12,21-22H,5-10H2,1-4H3,(H,23,24)(H,25,26). The van der Waals surface area contributed by atoms with E-state index in [1.807, 2.05) is 0 Å². The molecule has 4 N–H and O–H groups in total. The number of rotatable bonds is 10. The highest BCUT2D eigenvalue weighted by Crippen LogP contribution is 2.34. The number of aromatic hydroxyl groups is 2. The Balaban J connectivity index is 2.74. The van der Waals surface area contributed by atoms with Crippen molar-refractivity contribution in [3.05, 3.63) is 23.3 Å². The van der Waals surface area contributed by atoms with E-state index >= 15 is 0 Å². The Bertz CT molecular complexity index is 661. The highest BCUT2D eigenvalue weighted by Gasteiger charge is 2.27. The van der Waals surface area contributed by atoms with Gasteiger partial charge in [0.2, 0.25) is 0 Å². The quantitative estimate of drug-likeness (QED) is 0.466. The molecule has 0 heterocycles. The van der Waals surface area contributed by atoms with Crippen LogP contribution >= 0.6 is 0 Å². The number of phenolic OH excluding ortho intramolecular Hbond substituents is 2. The van der Waals surface area contributed by atoms with Crippen LogP contribution in [-0.2, 0) is 22.4 Å². The van der Waals surface area contributed by atoms with Crippen molar-refractivity contribution in [3.8, 4) is 11.5 Å². The van der Waals surface area contributed by atoms with Crippen LogP contribution in [0.2, 0.25) is 0 Å². The molecule has 1 aromatic carbocycles. The lowest BCUT2D eigenvalue weighted by atomic mass is 9.85. The van der Waals surface area contributed by atoms with Gasteiger partial charge >= 0.3 is 11.9 Å². The predicted octanol–water partition coefficient (Wildman–Crippen LogP) is 3.96. The topological polar surface area (TPSA) is 115 Å². The molecule has 0 aromatic heterocycles. The largest absolute Gasteiger partial charge is 0.504 e. The lowest BCUT2D eigenvalue weighted by molar-refractivity contribution is -0.148. The second-order valence-corrected chi connectivity index (χ2v) is 8.21. The summed E-state index contributed by atoms with van der Waals surface area (Å²) in [5.41, 5.74) is -0.227. The molecule has 26 heavy (non-hydrogen) atoms. The smallest absolute Gasteiger partial charge is 0.309 e. The van der Waals surface area contributed by atoms with Crippen LogP contribution in [0.5, 0.6) is 11.5 Å². The van der Waals surface area contributed by atoms with Gasteiger partial charge in [-0.25, -0.2) is 0 Å². The number of aryl methyl sites for hydroxylation is 2. The molecule has 6 nitrogen and oxygen atoms in total. The predicted molar refractivity (Wildman–Crippen MR) is 98.5 cm³/mol. The van der Waals surface area contributed by atoms with Crippen LogP contribution in [0.4, 0.5) is 0 Å². The molecule has 0 atom stereocenters. The van der Waals surface area contributed by atoms with Crippen molar-refractivity contribution >= 4 is 11.9 Å². The third kappa shape index (κ3) is 5.93. The second-order valence-electron chi connectivity index (χ2n) is 8.21. The molecule has 0 bridgehead atoms. The average Bonchev–Trinajstić information content (AvgIpc) is 2.51. The normalized spacial score (nSPS) is 12.2. The van der Waals surface area contributed by atoms with Crippen molar-refractivity contribution in [1.82, 2.24) is 0 Å². The van der Waals surface area contributed by atoms with Gasteiger partial charge in [0.05, 0.1) is 10.8 Å². The fourth-order valence-corrected chi connectivity index (χ4v) is 2.75. The Kier molecular flexibility index (Phi) is 7.07. The first kappa shape index (κ1) is 21.8. The van der Waals surface area contributed by atoms with E-state index in [4.69, 9.17) is 10.2 Å². The molecule has 1 rings (SSSR count). The first-order valence-electron chi connectivity index (χ1n) is 8.87. The molecule has 0 saturated heterocycles. The summed E-state index contributed by atoms with van der Waals surface area (Å²) < 4.78 is 0. The van der Waals surface area contributed by atoms with Crippen molar-refractivity contribution in [1.29, 1.82) is 0 Å². The summed E-state index contributed by atoms with van der Waals surface area (Å²) in [7, 11) is 0. The molecule has 0 amide bonds. The Morgan fingerprint density at radius 3 is 1.77 bits per heavy atom. The molecule has 1 aromatic rings. The molecule has 146 valence electrons. The summed E-state index contributed by atoms with van der Waals surface area (Å²) in [5.74, 6) is -2.08. The third-order valence-corrected chi connectivity index (χ3v) is 4.90. The van der Waals surface area contributed by atoms with Gasteiger partial charge in [0.15, 0.2) is 11.5 Å². The molecular weight excluding hydrogens is 336 g/mol. The first-order valence-corrected chi connectivity index (χ1v) is 8.87. The maximum atomic E-state index is 11.2. The molecule has 0 saturated carbocycles. The van der Waals surface area contributed by atoms with E-state index in [0.29, 0.717) is 44.1 Å². The van der Waals surface area contributed by atoms with Gasteiger partial charge in [-0.1, -0.05) is 6.07 Å². The highest BCUT2D eigenvalue weighted by atomic mass is 16.4. The summed E-state index contributed by atoms with van der Waals surface area (Å²) in [6, 6.07) is 3.30. The summed E-state index contributed by atoms with van der Waals surface area (Å²) in [4.78, 5) is 22.3. The number of carboxylic acid groups (broad SMARTS) is 2. The number of carbonyl (C=O) groups is 2. The van der Waals surface area contributed by atoms with Crippen LogP contribution in [0, 0.1) is 10.8 Å². The number of benzene rings is 1. The number of hydrogen-bond acceptors (Lipinski definition) is 4. The van der Waals surface area contributed by atoms with Crippen molar-refractivity contribution in [2.24, 2.45) is 10.8 Å². The molecule has 0 aliphatic heterocycles. The van der Waals surface area contributed by atoms with Crippen molar-refractivity contribution in [2.45, 2.75) is 66.2 Å². The molecule has 0 unspecified atom stereocenters. The molecule has 0 aliphatic rings. The van der Waals surface area contributed by atoms with E-state index in [-0.39, 0.29) is 11.5 Å². The zero-order valence-corrected chi connectivity index (χ0v) is 16.0. The molecule has 6 heteroatoms. The van der Waals surface area contributed by atoms with Gasteiger partial charge in [0.1, 0.15) is 0 Å². The number of hydrogen-bond donors (Lipinski definition) is 4. The Hall–Kier alpha value is -2.24. The summed E-state index contributed by atoms with van der Waals surface area (Å²) in [6.07, 6.45) is 3.24. The highest BCUT2D eigenvalue weighted by molar-refractivity contribution is 5.73. The first-order chi connectivity index (χ1) is 11.9. The van der Waals surface area contributed by atoms with Gasteiger partial charge in [-0.05, 0) is 83.4 Å². The minimum absolute atomic E-state index is 0.173. The third-order valence-electron chi connectivity index (χ3n) is 4.90. The number of aliphatic carboxylic acids is 2. The van der Waals surface area contributed by atoms with Crippen LogP contribution in [0.1, 0.15) is 64.5 Å². The van der Waals surface area contributed by atoms with E-state index in [1.54, 1.807) is 33.8 Å². The fraction of sp³-hybridized carbons (Fsp3) is 0.600. The summed E-state index contributed by atoms with van der Waals surface area (Å²) in [6.45, 7) is 6.68. The lowest BCUT2D eigenvalue weighted by Gasteiger charge is -2.19. The van der Waals surface area contributed by atoms with Crippen LogP contribution < -0.4 is 0 Å². The van der Waals surface area contributed by atoms with Crippen LogP contribution in [0.15, 0.2) is 12.1 Å². The van der Waals surface area contributed by atoms with Crippen LogP contribution in [-0.4, -0.2) is 32.4 Å². The van der Waals surface area contributed by atoms with E-state index in [0.717, 1.165) is 5.56 Å². The van der Waals surface area contributed by atoms with Gasteiger partial charge in [0.25, 0.3) is 0 Å².